The minimum Gasteiger partial charge on any atom is -0.294 e. The first-order chi connectivity index (χ1) is 15.9. The lowest BCUT2D eigenvalue weighted by atomic mass is 9.61. The largest absolute Gasteiger partial charge is 0.294 e. The monoisotopic (exact) mass is 438 g/mol. The maximum Gasteiger partial charge on any atom is 0.0137 e. The fourth-order valence-corrected chi connectivity index (χ4v) is 11.3. The molecule has 0 aromatic rings. The second-order valence-electron chi connectivity index (χ2n) is 13.4. The van der Waals surface area contributed by atoms with Crippen molar-refractivity contribution in [1.29, 1.82) is 0 Å². The summed E-state index contributed by atoms with van der Waals surface area (Å²) in [6.07, 6.45) is 30.7. The van der Waals surface area contributed by atoms with Crippen LogP contribution in [0.4, 0.5) is 0 Å². The summed E-state index contributed by atoms with van der Waals surface area (Å²) in [7, 11) is 0. The summed E-state index contributed by atoms with van der Waals surface area (Å²) >= 11 is 0. The van der Waals surface area contributed by atoms with Gasteiger partial charge < -0.3 is 0 Å². The molecule has 180 valence electrons. The van der Waals surface area contributed by atoms with E-state index in [0.29, 0.717) is 0 Å². The minimum atomic E-state index is 0.957. The van der Waals surface area contributed by atoms with Crippen LogP contribution in [0.25, 0.3) is 0 Å². The zero-order valence-corrected chi connectivity index (χ0v) is 20.8. The van der Waals surface area contributed by atoms with Crippen molar-refractivity contribution in [1.82, 2.24) is 9.80 Å². The Hall–Kier alpha value is -0.0800. The van der Waals surface area contributed by atoms with Crippen LogP contribution in [0.3, 0.4) is 0 Å². The van der Waals surface area contributed by atoms with Gasteiger partial charge in [0.05, 0.1) is 0 Å². The third-order valence-corrected chi connectivity index (χ3v) is 12.2. The van der Waals surface area contributed by atoms with Crippen LogP contribution >= 0.6 is 0 Å². The van der Waals surface area contributed by atoms with E-state index in [9.17, 15) is 0 Å². The highest BCUT2D eigenvalue weighted by Gasteiger charge is 2.63. The van der Waals surface area contributed by atoms with Crippen LogP contribution in [0, 0.1) is 23.7 Å². The Bertz CT molecular complexity index is 593. The molecule has 32 heavy (non-hydrogen) atoms. The Balaban J connectivity index is 1.23. The van der Waals surface area contributed by atoms with E-state index in [1.54, 1.807) is 51.4 Å². The third kappa shape index (κ3) is 3.31. The Morgan fingerprint density at radius 2 is 0.688 bits per heavy atom. The number of hydrogen-bond acceptors (Lipinski definition) is 2. The zero-order valence-electron chi connectivity index (χ0n) is 20.8. The van der Waals surface area contributed by atoms with E-state index >= 15 is 0 Å². The second-order valence-corrected chi connectivity index (χ2v) is 13.4. The predicted octanol–water partition coefficient (Wildman–Crippen LogP) is 7.16. The van der Waals surface area contributed by atoms with Gasteiger partial charge in [0.1, 0.15) is 0 Å². The van der Waals surface area contributed by atoms with E-state index in [1.165, 1.54) is 77.0 Å². The van der Waals surface area contributed by atoms with Gasteiger partial charge in [0.15, 0.2) is 0 Å². The molecule has 2 nitrogen and oxygen atoms in total. The minimum absolute atomic E-state index is 0.957. The van der Waals surface area contributed by atoms with Gasteiger partial charge in [-0.1, -0.05) is 64.2 Å². The molecule has 2 heteroatoms. The molecule has 0 radical (unpaired) electrons. The molecule has 5 saturated carbocycles. The van der Waals surface area contributed by atoms with Crippen LogP contribution < -0.4 is 0 Å². The van der Waals surface area contributed by atoms with Gasteiger partial charge in [0.25, 0.3) is 0 Å². The Labute approximate surface area is 198 Å². The lowest BCUT2D eigenvalue weighted by Crippen LogP contribution is -2.52. The Kier molecular flexibility index (Phi) is 5.87. The molecule has 0 aromatic carbocycles. The number of rotatable bonds is 2. The molecule has 7 fully saturated rings. The molecule has 7 rings (SSSR count). The summed E-state index contributed by atoms with van der Waals surface area (Å²) in [5.41, 5.74) is 0. The van der Waals surface area contributed by atoms with Crippen molar-refractivity contribution < 1.29 is 0 Å². The fourth-order valence-electron chi connectivity index (χ4n) is 11.3. The molecule has 7 aliphatic rings. The highest BCUT2D eigenvalue weighted by atomic mass is 15.3. The van der Waals surface area contributed by atoms with E-state index in [-0.39, 0.29) is 0 Å². The Morgan fingerprint density at radius 3 is 1.12 bits per heavy atom. The molecular weight excluding hydrogens is 388 g/mol. The van der Waals surface area contributed by atoms with Gasteiger partial charge in [-0.15, -0.1) is 0 Å². The number of likely N-dealkylation sites (tertiary alicyclic amines) is 2. The summed E-state index contributed by atoms with van der Waals surface area (Å²) in [6, 6.07) is 5.82. The molecule has 0 amide bonds. The van der Waals surface area contributed by atoms with Crippen molar-refractivity contribution >= 4 is 0 Å². The van der Waals surface area contributed by atoms with Gasteiger partial charge in [0, 0.05) is 36.3 Å². The average Bonchev–Trinajstić information content (AvgIpc) is 3.38. The Morgan fingerprint density at radius 1 is 0.312 bits per heavy atom. The highest BCUT2D eigenvalue weighted by Crippen LogP contribution is 2.60. The summed E-state index contributed by atoms with van der Waals surface area (Å²) in [5.74, 6) is 4.27. The van der Waals surface area contributed by atoms with Crippen molar-refractivity contribution in [2.24, 2.45) is 23.7 Å². The molecule has 8 unspecified atom stereocenters. The molecule has 2 aliphatic heterocycles. The molecule has 0 aromatic heterocycles. The van der Waals surface area contributed by atoms with Crippen LogP contribution in [0.2, 0.25) is 0 Å². The second kappa shape index (κ2) is 8.85. The maximum atomic E-state index is 3.27. The molecule has 5 aliphatic carbocycles. The fraction of sp³-hybridized carbons (Fsp3) is 1.00. The number of fused-ring (bicyclic) bond motifs is 7. The molecule has 2 saturated heterocycles. The molecule has 2 heterocycles. The number of hydrogen-bond donors (Lipinski definition) is 0. The van der Waals surface area contributed by atoms with Crippen LogP contribution in [-0.2, 0) is 0 Å². The molecule has 8 atom stereocenters. The van der Waals surface area contributed by atoms with Gasteiger partial charge in [-0.3, -0.25) is 9.80 Å². The van der Waals surface area contributed by atoms with Crippen LogP contribution in [0.15, 0.2) is 0 Å². The van der Waals surface area contributed by atoms with Crippen molar-refractivity contribution in [3.63, 3.8) is 0 Å². The van der Waals surface area contributed by atoms with Gasteiger partial charge in [0.2, 0.25) is 0 Å². The number of nitrogens with zero attached hydrogens (tertiary/aromatic N) is 2. The topological polar surface area (TPSA) is 6.48 Å². The SMILES string of the molecule is C1CCC(N2C3CCCCC3C3C4C5CCCCC5N(C5CCCCC5)C4CCC32)CC1. The first-order valence-electron chi connectivity index (χ1n) is 15.5. The lowest BCUT2D eigenvalue weighted by molar-refractivity contribution is 0.0207. The predicted molar refractivity (Wildman–Crippen MR) is 133 cm³/mol. The standard InChI is InChI=1S/C30H50N2/c1-3-11-21(12-4-1)31-25-17-9-7-15-23(25)29-27(31)19-20-28-30(29)24-16-8-10-18-26(24)32(28)22-13-5-2-6-14-22/h21-30H,1-20H2. The average molecular weight is 439 g/mol. The third-order valence-electron chi connectivity index (χ3n) is 12.2. The van der Waals surface area contributed by atoms with Gasteiger partial charge in [-0.2, -0.15) is 0 Å². The van der Waals surface area contributed by atoms with E-state index in [0.717, 1.165) is 59.9 Å². The molecular formula is C30H50N2. The van der Waals surface area contributed by atoms with Crippen molar-refractivity contribution in [2.45, 2.75) is 165 Å². The van der Waals surface area contributed by atoms with E-state index in [1.807, 2.05) is 0 Å². The smallest absolute Gasteiger partial charge is 0.0137 e. The van der Waals surface area contributed by atoms with Crippen LogP contribution in [-0.4, -0.2) is 46.1 Å². The molecule has 0 spiro atoms. The summed E-state index contributed by atoms with van der Waals surface area (Å²) in [5, 5.41) is 0. The van der Waals surface area contributed by atoms with Crippen LogP contribution in [0.1, 0.15) is 128 Å². The van der Waals surface area contributed by atoms with E-state index in [4.69, 9.17) is 0 Å². The molecule has 0 N–H and O–H groups in total. The summed E-state index contributed by atoms with van der Waals surface area (Å²) in [4.78, 5) is 6.54. The van der Waals surface area contributed by atoms with Gasteiger partial charge in [-0.25, -0.2) is 0 Å². The first-order valence-corrected chi connectivity index (χ1v) is 15.5. The lowest BCUT2D eigenvalue weighted by Gasteiger charge is -2.47. The van der Waals surface area contributed by atoms with E-state index < -0.39 is 0 Å². The summed E-state index contributed by atoms with van der Waals surface area (Å²) in [6.45, 7) is 0. The van der Waals surface area contributed by atoms with Gasteiger partial charge in [-0.05, 0) is 87.9 Å². The molecule has 0 bridgehead atoms. The van der Waals surface area contributed by atoms with Crippen molar-refractivity contribution in [3.8, 4) is 0 Å². The van der Waals surface area contributed by atoms with Gasteiger partial charge >= 0.3 is 0 Å². The quantitative estimate of drug-likeness (QED) is 0.451. The first kappa shape index (κ1) is 21.2. The summed E-state index contributed by atoms with van der Waals surface area (Å²) < 4.78 is 0. The van der Waals surface area contributed by atoms with Crippen molar-refractivity contribution in [2.75, 3.05) is 0 Å². The highest BCUT2D eigenvalue weighted by molar-refractivity contribution is 5.16. The maximum absolute atomic E-state index is 3.27. The van der Waals surface area contributed by atoms with Crippen molar-refractivity contribution in [3.05, 3.63) is 0 Å². The van der Waals surface area contributed by atoms with E-state index in [2.05, 4.69) is 9.80 Å². The zero-order chi connectivity index (χ0) is 21.1. The normalized spacial score (nSPS) is 48.8. The van der Waals surface area contributed by atoms with Crippen LogP contribution in [0.5, 0.6) is 0 Å².